The second-order valence-corrected chi connectivity index (χ2v) is 4.80. The molecule has 0 radical (unpaired) electrons. The van der Waals surface area contributed by atoms with E-state index < -0.39 is 0 Å². The molecule has 1 aliphatic rings. The molecule has 1 aliphatic heterocycles. The minimum Gasteiger partial charge on any atom is -0.339 e. The zero-order valence-corrected chi connectivity index (χ0v) is 10.8. The number of fused-ring (bicyclic) bond motifs is 1. The van der Waals surface area contributed by atoms with Crippen LogP contribution in [-0.4, -0.2) is 43.1 Å². The van der Waals surface area contributed by atoms with Crippen LogP contribution in [0, 0.1) is 0 Å². The highest BCUT2D eigenvalue weighted by Crippen LogP contribution is 2.18. The smallest absolute Gasteiger partial charge is 0.292 e. The number of aromatic nitrogens is 6. The number of nitrogens with zero attached hydrogens (tertiary/aromatic N) is 7. The van der Waals surface area contributed by atoms with Crippen LogP contribution in [0.1, 0.15) is 12.8 Å². The van der Waals surface area contributed by atoms with Gasteiger partial charge in [0.2, 0.25) is 11.8 Å². The molecule has 3 heterocycles. The Kier molecular flexibility index (Phi) is 2.55. The van der Waals surface area contributed by atoms with Crippen molar-refractivity contribution in [3.8, 4) is 11.4 Å². The first-order valence-corrected chi connectivity index (χ1v) is 6.68. The Morgan fingerprint density at radius 2 is 1.60 bits per heavy atom. The van der Waals surface area contributed by atoms with E-state index in [9.17, 15) is 0 Å². The summed E-state index contributed by atoms with van der Waals surface area (Å²) >= 11 is 0. The molecular formula is C13H13N7. The Morgan fingerprint density at radius 1 is 0.850 bits per heavy atom. The van der Waals surface area contributed by atoms with Crippen LogP contribution >= 0.6 is 0 Å². The van der Waals surface area contributed by atoms with Crippen molar-refractivity contribution in [2.24, 2.45) is 0 Å². The van der Waals surface area contributed by atoms with Gasteiger partial charge in [-0.15, -0.1) is 25.5 Å². The molecule has 4 rings (SSSR count). The summed E-state index contributed by atoms with van der Waals surface area (Å²) < 4.78 is 1.68. The molecule has 1 saturated heterocycles. The predicted molar refractivity (Wildman–Crippen MR) is 73.3 cm³/mol. The molecule has 0 saturated carbocycles. The SMILES string of the molecule is c1ccc(-c2nnc3nnc(N4CCCC4)n3n2)cc1. The molecular weight excluding hydrogens is 254 g/mol. The van der Waals surface area contributed by atoms with Gasteiger partial charge in [0.15, 0.2) is 0 Å². The summed E-state index contributed by atoms with van der Waals surface area (Å²) in [6.45, 7) is 1.98. The van der Waals surface area contributed by atoms with Gasteiger partial charge in [-0.3, -0.25) is 0 Å². The number of hydrogen-bond acceptors (Lipinski definition) is 6. The zero-order chi connectivity index (χ0) is 13.4. The maximum Gasteiger partial charge on any atom is 0.292 e. The average Bonchev–Trinajstić information content (AvgIpc) is 3.16. The third kappa shape index (κ3) is 1.78. The average molecular weight is 267 g/mol. The molecule has 0 unspecified atom stereocenters. The zero-order valence-electron chi connectivity index (χ0n) is 10.8. The Bertz CT molecular complexity index is 731. The van der Waals surface area contributed by atoms with Gasteiger partial charge in [0.25, 0.3) is 5.78 Å². The quantitative estimate of drug-likeness (QED) is 0.694. The fourth-order valence-corrected chi connectivity index (χ4v) is 2.44. The van der Waals surface area contributed by atoms with E-state index in [1.165, 1.54) is 12.8 Å². The highest BCUT2D eigenvalue weighted by Gasteiger charge is 2.20. The maximum absolute atomic E-state index is 4.53. The van der Waals surface area contributed by atoms with E-state index in [2.05, 4.69) is 30.4 Å². The van der Waals surface area contributed by atoms with Crippen molar-refractivity contribution < 1.29 is 0 Å². The molecule has 7 heteroatoms. The molecule has 7 nitrogen and oxygen atoms in total. The van der Waals surface area contributed by atoms with Crippen molar-refractivity contribution >= 4 is 11.7 Å². The van der Waals surface area contributed by atoms with E-state index in [0.29, 0.717) is 11.6 Å². The largest absolute Gasteiger partial charge is 0.339 e. The van der Waals surface area contributed by atoms with Gasteiger partial charge in [0, 0.05) is 18.7 Å². The standard InChI is InChI=1S/C13H13N7/c1-2-6-10(7-3-1)11-14-15-12-16-17-13(20(12)18-11)19-8-4-5-9-19/h1-3,6-7H,4-5,8-9H2. The first-order valence-electron chi connectivity index (χ1n) is 6.68. The van der Waals surface area contributed by atoms with Gasteiger partial charge in [0.05, 0.1) is 0 Å². The molecule has 0 aliphatic carbocycles. The first-order chi connectivity index (χ1) is 9.92. The van der Waals surface area contributed by atoms with Gasteiger partial charge in [-0.25, -0.2) is 0 Å². The lowest BCUT2D eigenvalue weighted by Crippen LogP contribution is -2.21. The van der Waals surface area contributed by atoms with Crippen LogP contribution in [0.4, 0.5) is 5.95 Å². The summed E-state index contributed by atoms with van der Waals surface area (Å²) in [6, 6.07) is 9.79. The minimum absolute atomic E-state index is 0.437. The van der Waals surface area contributed by atoms with Gasteiger partial charge in [-0.2, -0.15) is 4.52 Å². The molecule has 100 valence electrons. The predicted octanol–water partition coefficient (Wildman–Crippen LogP) is 1.18. The summed E-state index contributed by atoms with van der Waals surface area (Å²) in [5.74, 6) is 1.77. The molecule has 0 bridgehead atoms. The molecule has 0 N–H and O–H groups in total. The minimum atomic E-state index is 0.437. The lowest BCUT2D eigenvalue weighted by atomic mass is 10.2. The Balaban J connectivity index is 1.83. The fourth-order valence-electron chi connectivity index (χ4n) is 2.44. The summed E-state index contributed by atoms with van der Waals surface area (Å²) in [5, 5.41) is 21.0. The highest BCUT2D eigenvalue weighted by atomic mass is 15.5. The van der Waals surface area contributed by atoms with E-state index in [1.807, 2.05) is 30.3 Å². The van der Waals surface area contributed by atoms with Crippen molar-refractivity contribution in [3.63, 3.8) is 0 Å². The summed E-state index contributed by atoms with van der Waals surface area (Å²) in [4.78, 5) is 2.18. The van der Waals surface area contributed by atoms with Gasteiger partial charge in [-0.05, 0) is 12.8 Å². The Labute approximate surface area is 115 Å². The molecule has 20 heavy (non-hydrogen) atoms. The summed E-state index contributed by atoms with van der Waals surface area (Å²) in [5.41, 5.74) is 0.933. The number of benzene rings is 1. The van der Waals surface area contributed by atoms with E-state index in [0.717, 1.165) is 24.6 Å². The van der Waals surface area contributed by atoms with Crippen molar-refractivity contribution in [1.82, 2.24) is 30.0 Å². The third-order valence-electron chi connectivity index (χ3n) is 3.46. The van der Waals surface area contributed by atoms with E-state index in [4.69, 9.17) is 0 Å². The Morgan fingerprint density at radius 3 is 2.40 bits per heavy atom. The second kappa shape index (κ2) is 4.52. The first kappa shape index (κ1) is 11.3. The topological polar surface area (TPSA) is 72.1 Å². The molecule has 0 atom stereocenters. The van der Waals surface area contributed by atoms with Crippen LogP contribution in [0.5, 0.6) is 0 Å². The van der Waals surface area contributed by atoms with Gasteiger partial charge in [0.1, 0.15) is 0 Å². The number of anilines is 1. The van der Waals surface area contributed by atoms with Gasteiger partial charge >= 0.3 is 0 Å². The Hall–Kier alpha value is -2.57. The van der Waals surface area contributed by atoms with Crippen LogP contribution in [0.3, 0.4) is 0 Å². The summed E-state index contributed by atoms with van der Waals surface area (Å²) in [6.07, 6.45) is 2.36. The molecule has 0 amide bonds. The molecule has 3 aromatic rings. The number of rotatable bonds is 2. The van der Waals surface area contributed by atoms with Crippen molar-refractivity contribution in [2.75, 3.05) is 18.0 Å². The van der Waals surface area contributed by atoms with Gasteiger partial charge < -0.3 is 4.90 Å². The van der Waals surface area contributed by atoms with Crippen molar-refractivity contribution in [3.05, 3.63) is 30.3 Å². The monoisotopic (exact) mass is 267 g/mol. The lowest BCUT2D eigenvalue weighted by Gasteiger charge is -2.13. The normalized spacial score (nSPS) is 15.1. The molecule has 2 aromatic heterocycles. The molecule has 0 spiro atoms. The van der Waals surface area contributed by atoms with Crippen LogP contribution in [0.15, 0.2) is 30.3 Å². The van der Waals surface area contributed by atoms with Crippen molar-refractivity contribution in [1.29, 1.82) is 0 Å². The third-order valence-corrected chi connectivity index (χ3v) is 3.46. The van der Waals surface area contributed by atoms with Crippen LogP contribution in [0.25, 0.3) is 17.2 Å². The highest BCUT2D eigenvalue weighted by molar-refractivity contribution is 5.54. The van der Waals surface area contributed by atoms with E-state index in [1.54, 1.807) is 4.52 Å². The molecule has 1 aromatic carbocycles. The van der Waals surface area contributed by atoms with E-state index in [-0.39, 0.29) is 0 Å². The second-order valence-electron chi connectivity index (χ2n) is 4.80. The van der Waals surface area contributed by atoms with Crippen LogP contribution in [-0.2, 0) is 0 Å². The lowest BCUT2D eigenvalue weighted by molar-refractivity contribution is 0.799. The fraction of sp³-hybridized carbons (Fsp3) is 0.308. The number of hydrogen-bond donors (Lipinski definition) is 0. The maximum atomic E-state index is 4.53. The van der Waals surface area contributed by atoms with E-state index >= 15 is 0 Å². The van der Waals surface area contributed by atoms with Crippen LogP contribution < -0.4 is 4.90 Å². The van der Waals surface area contributed by atoms with Gasteiger partial charge in [-0.1, -0.05) is 30.3 Å². The summed E-state index contributed by atoms with van der Waals surface area (Å²) in [7, 11) is 0. The van der Waals surface area contributed by atoms with Crippen molar-refractivity contribution in [2.45, 2.75) is 12.8 Å². The molecule has 1 fully saturated rings. The van der Waals surface area contributed by atoms with Crippen LogP contribution in [0.2, 0.25) is 0 Å².